The molecule has 0 amide bonds. The van der Waals surface area contributed by atoms with Crippen LogP contribution in [0.5, 0.6) is 0 Å². The van der Waals surface area contributed by atoms with Crippen molar-refractivity contribution < 1.29 is 13.2 Å². The number of hydrogen-bond donors (Lipinski definition) is 1. The van der Waals surface area contributed by atoms with Gasteiger partial charge in [-0.3, -0.25) is 4.40 Å². The van der Waals surface area contributed by atoms with E-state index in [0.29, 0.717) is 18.7 Å². The highest BCUT2D eigenvalue weighted by atomic mass is 19.4. The predicted molar refractivity (Wildman–Crippen MR) is 86.3 cm³/mol. The maximum Gasteiger partial charge on any atom is 0.390 e. The fourth-order valence-electron chi connectivity index (χ4n) is 3.77. The minimum atomic E-state index is -4.12. The zero-order valence-corrected chi connectivity index (χ0v) is 13.8. The van der Waals surface area contributed by atoms with Crippen molar-refractivity contribution in [3.8, 4) is 0 Å². The lowest BCUT2D eigenvalue weighted by atomic mass is 9.93. The Kier molecular flexibility index (Phi) is 3.90. The molecule has 0 bridgehead atoms. The first-order valence-corrected chi connectivity index (χ1v) is 8.42. The van der Waals surface area contributed by atoms with E-state index in [2.05, 4.69) is 27.1 Å². The van der Waals surface area contributed by atoms with E-state index in [1.807, 2.05) is 21.6 Å². The second-order valence-corrected chi connectivity index (χ2v) is 6.62. The van der Waals surface area contributed by atoms with E-state index in [9.17, 15) is 13.2 Å². The first-order chi connectivity index (χ1) is 12.0. The summed E-state index contributed by atoms with van der Waals surface area (Å²) < 4.78 is 39.6. The third-order valence-electron chi connectivity index (χ3n) is 5.05. The number of rotatable bonds is 4. The van der Waals surface area contributed by atoms with Crippen molar-refractivity contribution in [3.05, 3.63) is 24.3 Å². The summed E-state index contributed by atoms with van der Waals surface area (Å²) in [6.07, 6.45) is -0.536. The molecule has 1 aliphatic rings. The maximum atomic E-state index is 12.5. The number of alkyl halides is 3. The number of fused-ring (bicyclic) bond motifs is 3. The van der Waals surface area contributed by atoms with Gasteiger partial charge in [-0.2, -0.15) is 13.2 Å². The lowest BCUT2D eigenvalue weighted by Crippen LogP contribution is -2.26. The van der Waals surface area contributed by atoms with Crippen molar-refractivity contribution in [1.29, 1.82) is 0 Å². The van der Waals surface area contributed by atoms with Crippen molar-refractivity contribution in [3.63, 3.8) is 0 Å². The fraction of sp³-hybridized carbons (Fsp3) is 0.562. The number of aromatic amines is 1. The van der Waals surface area contributed by atoms with Crippen molar-refractivity contribution in [2.75, 3.05) is 19.6 Å². The summed E-state index contributed by atoms with van der Waals surface area (Å²) >= 11 is 0. The van der Waals surface area contributed by atoms with Crippen LogP contribution in [0, 0.1) is 5.92 Å². The van der Waals surface area contributed by atoms with Crippen molar-refractivity contribution >= 4 is 16.8 Å². The molecule has 0 saturated carbocycles. The van der Waals surface area contributed by atoms with Crippen LogP contribution in [0.3, 0.4) is 0 Å². The lowest BCUT2D eigenvalue weighted by Gasteiger charge is -2.16. The third kappa shape index (κ3) is 2.97. The van der Waals surface area contributed by atoms with Gasteiger partial charge in [-0.15, -0.1) is 10.2 Å². The fourth-order valence-corrected chi connectivity index (χ4v) is 3.77. The van der Waals surface area contributed by atoms with E-state index >= 15 is 0 Å². The molecule has 0 radical (unpaired) electrons. The molecule has 4 rings (SSSR count). The van der Waals surface area contributed by atoms with Gasteiger partial charge in [-0.25, -0.2) is 4.98 Å². The molecule has 134 valence electrons. The van der Waals surface area contributed by atoms with Crippen LogP contribution in [0.25, 0.3) is 16.8 Å². The zero-order valence-electron chi connectivity index (χ0n) is 13.8. The molecule has 0 spiro atoms. The number of aromatic nitrogens is 5. The molecule has 3 aromatic rings. The number of H-pyrrole nitrogens is 1. The molecule has 9 heteroatoms. The van der Waals surface area contributed by atoms with Crippen LogP contribution < -0.4 is 0 Å². The van der Waals surface area contributed by atoms with E-state index in [0.717, 1.165) is 23.4 Å². The number of hydrogen-bond acceptors (Lipinski definition) is 4. The Morgan fingerprint density at radius 2 is 2.12 bits per heavy atom. The van der Waals surface area contributed by atoms with E-state index < -0.39 is 12.6 Å². The van der Waals surface area contributed by atoms with Crippen LogP contribution in [0.1, 0.15) is 31.5 Å². The van der Waals surface area contributed by atoms with Crippen LogP contribution in [-0.2, 0) is 0 Å². The van der Waals surface area contributed by atoms with Crippen LogP contribution in [0.4, 0.5) is 13.2 Å². The molecule has 2 atom stereocenters. The first kappa shape index (κ1) is 16.3. The monoisotopic (exact) mass is 352 g/mol. The average Bonchev–Trinajstić information content (AvgIpc) is 3.27. The smallest absolute Gasteiger partial charge is 0.345 e. The first-order valence-electron chi connectivity index (χ1n) is 8.42. The van der Waals surface area contributed by atoms with E-state index in [1.54, 1.807) is 6.20 Å². The SMILES string of the molecule is CC[C@H]1CN(CCC(F)(F)F)C[C@H]1c1nnc2cnc3[nH]ccc3n12. The molecule has 1 N–H and O–H groups in total. The van der Waals surface area contributed by atoms with Crippen LogP contribution in [-0.4, -0.2) is 55.3 Å². The molecule has 6 nitrogen and oxygen atoms in total. The zero-order chi connectivity index (χ0) is 17.6. The van der Waals surface area contributed by atoms with Gasteiger partial charge in [0, 0.05) is 31.7 Å². The van der Waals surface area contributed by atoms with E-state index in [4.69, 9.17) is 0 Å². The molecule has 0 aromatic carbocycles. The Bertz CT molecular complexity index is 883. The number of halogens is 3. The minimum absolute atomic E-state index is 0.0361. The van der Waals surface area contributed by atoms with Crippen molar-refractivity contribution in [1.82, 2.24) is 29.5 Å². The normalized spacial score (nSPS) is 22.4. The van der Waals surface area contributed by atoms with Gasteiger partial charge in [-0.1, -0.05) is 13.3 Å². The molecule has 1 aliphatic heterocycles. The Balaban J connectivity index is 1.66. The van der Waals surface area contributed by atoms with Crippen LogP contribution in [0.2, 0.25) is 0 Å². The molecular weight excluding hydrogens is 333 g/mol. The Hall–Kier alpha value is -2.16. The lowest BCUT2D eigenvalue weighted by molar-refractivity contribution is -0.137. The second-order valence-electron chi connectivity index (χ2n) is 6.62. The van der Waals surface area contributed by atoms with Crippen LogP contribution >= 0.6 is 0 Å². The highest BCUT2D eigenvalue weighted by molar-refractivity contribution is 5.74. The summed E-state index contributed by atoms with van der Waals surface area (Å²) in [6.45, 7) is 3.34. The molecular formula is C16H19F3N6. The van der Waals surface area contributed by atoms with Gasteiger partial charge in [0.2, 0.25) is 0 Å². The van der Waals surface area contributed by atoms with Gasteiger partial charge in [0.05, 0.1) is 18.1 Å². The van der Waals surface area contributed by atoms with E-state index in [1.165, 1.54) is 0 Å². The summed E-state index contributed by atoms with van der Waals surface area (Å²) in [5, 5.41) is 8.57. The number of likely N-dealkylation sites (tertiary alicyclic amines) is 1. The second kappa shape index (κ2) is 5.98. The Morgan fingerprint density at radius 3 is 2.88 bits per heavy atom. The van der Waals surface area contributed by atoms with Crippen molar-refractivity contribution in [2.24, 2.45) is 5.92 Å². The molecule has 1 saturated heterocycles. The molecule has 0 unspecified atom stereocenters. The van der Waals surface area contributed by atoms with Gasteiger partial charge in [0.1, 0.15) is 5.82 Å². The standard InChI is InChI=1S/C16H19F3N6/c1-2-10-8-24(6-4-16(17,18)19)9-11(10)15-23-22-13-7-21-14-12(25(13)15)3-5-20-14/h3,5,7,10-11,20H,2,4,6,8-9H2,1H3/t10-,11+/m0/s1. The Labute approximate surface area is 142 Å². The van der Waals surface area contributed by atoms with Crippen molar-refractivity contribution in [2.45, 2.75) is 31.9 Å². The highest BCUT2D eigenvalue weighted by Crippen LogP contribution is 2.35. The maximum absolute atomic E-state index is 12.5. The van der Waals surface area contributed by atoms with Gasteiger partial charge >= 0.3 is 6.18 Å². The molecule has 25 heavy (non-hydrogen) atoms. The quantitative estimate of drug-likeness (QED) is 0.784. The summed E-state index contributed by atoms with van der Waals surface area (Å²) in [4.78, 5) is 9.26. The van der Waals surface area contributed by atoms with E-state index in [-0.39, 0.29) is 18.4 Å². The van der Waals surface area contributed by atoms with Gasteiger partial charge in [0.15, 0.2) is 11.3 Å². The average molecular weight is 352 g/mol. The summed E-state index contributed by atoms with van der Waals surface area (Å²) in [5.41, 5.74) is 2.29. The topological polar surface area (TPSA) is 62.1 Å². The summed E-state index contributed by atoms with van der Waals surface area (Å²) in [5.74, 6) is 1.14. The third-order valence-corrected chi connectivity index (χ3v) is 5.05. The summed E-state index contributed by atoms with van der Waals surface area (Å²) in [6, 6.07) is 1.92. The Morgan fingerprint density at radius 1 is 1.28 bits per heavy atom. The molecule has 1 fully saturated rings. The molecule has 3 aromatic heterocycles. The number of nitrogens with one attached hydrogen (secondary N) is 1. The minimum Gasteiger partial charge on any atom is -0.345 e. The largest absolute Gasteiger partial charge is 0.390 e. The summed E-state index contributed by atoms with van der Waals surface area (Å²) in [7, 11) is 0. The predicted octanol–water partition coefficient (Wildman–Crippen LogP) is 2.98. The molecule has 0 aliphatic carbocycles. The number of nitrogens with zero attached hydrogens (tertiary/aromatic N) is 5. The highest BCUT2D eigenvalue weighted by Gasteiger charge is 2.37. The van der Waals surface area contributed by atoms with Crippen LogP contribution in [0.15, 0.2) is 18.5 Å². The van der Waals surface area contributed by atoms with Gasteiger partial charge in [-0.05, 0) is 12.0 Å². The van der Waals surface area contributed by atoms with Gasteiger partial charge < -0.3 is 9.88 Å². The van der Waals surface area contributed by atoms with Gasteiger partial charge in [0.25, 0.3) is 0 Å². The molecule has 4 heterocycles.